The molecule has 112 valence electrons. The molecule has 1 aromatic carbocycles. The van der Waals surface area contributed by atoms with Crippen molar-refractivity contribution in [2.75, 3.05) is 16.9 Å². The number of hydrogen-bond acceptors (Lipinski definition) is 4. The second kappa shape index (κ2) is 6.62. The van der Waals surface area contributed by atoms with E-state index in [-0.39, 0.29) is 11.8 Å². The number of carbonyl (C=O) groups excluding carboxylic acids is 2. The lowest BCUT2D eigenvalue weighted by Crippen LogP contribution is -2.41. The molecule has 0 saturated carbocycles. The van der Waals surface area contributed by atoms with Crippen molar-refractivity contribution in [3.05, 3.63) is 29.8 Å². The molecule has 0 unspecified atom stereocenters. The number of aliphatic carboxylic acids is 1. The van der Waals surface area contributed by atoms with Gasteiger partial charge in [-0.3, -0.25) is 9.59 Å². The Bertz CT molecular complexity index is 559. The zero-order valence-corrected chi connectivity index (χ0v) is 12.4. The van der Waals surface area contributed by atoms with Crippen molar-refractivity contribution in [1.29, 1.82) is 0 Å². The molecule has 2 amide bonds. The number of hydrogen-bond donors (Lipinski definition) is 2. The number of nitrogens with zero attached hydrogens (tertiary/aromatic N) is 1. The lowest BCUT2D eigenvalue weighted by atomic mass is 10.1. The van der Waals surface area contributed by atoms with E-state index in [4.69, 9.17) is 5.11 Å². The van der Waals surface area contributed by atoms with Crippen molar-refractivity contribution in [3.8, 4) is 0 Å². The Labute approximate surface area is 126 Å². The molecular formula is C14H16N2O4S. The highest BCUT2D eigenvalue weighted by Crippen LogP contribution is 2.23. The number of benzene rings is 1. The van der Waals surface area contributed by atoms with Gasteiger partial charge in [-0.25, -0.2) is 4.79 Å². The number of carbonyl (C=O) groups is 3. The quantitative estimate of drug-likeness (QED) is 0.883. The average molecular weight is 308 g/mol. The van der Waals surface area contributed by atoms with Gasteiger partial charge in [0.25, 0.3) is 5.91 Å². The van der Waals surface area contributed by atoms with Crippen molar-refractivity contribution in [2.24, 2.45) is 0 Å². The van der Waals surface area contributed by atoms with Crippen LogP contribution in [0.4, 0.5) is 5.69 Å². The zero-order chi connectivity index (χ0) is 15.4. The monoisotopic (exact) mass is 308 g/mol. The molecule has 7 heteroatoms. The first kappa shape index (κ1) is 15.4. The van der Waals surface area contributed by atoms with E-state index >= 15 is 0 Å². The molecular weight excluding hydrogens is 292 g/mol. The molecule has 0 aliphatic carbocycles. The van der Waals surface area contributed by atoms with Crippen LogP contribution in [0.5, 0.6) is 0 Å². The molecule has 1 heterocycles. The topological polar surface area (TPSA) is 86.7 Å². The van der Waals surface area contributed by atoms with Gasteiger partial charge >= 0.3 is 5.97 Å². The van der Waals surface area contributed by atoms with Gasteiger partial charge in [-0.15, -0.1) is 11.8 Å². The molecule has 1 aliphatic heterocycles. The first-order valence-electron chi connectivity index (χ1n) is 6.54. The van der Waals surface area contributed by atoms with Crippen LogP contribution in [-0.2, 0) is 9.59 Å². The molecule has 21 heavy (non-hydrogen) atoms. The Morgan fingerprint density at radius 3 is 2.57 bits per heavy atom. The lowest BCUT2D eigenvalue weighted by Gasteiger charge is -2.20. The van der Waals surface area contributed by atoms with E-state index in [2.05, 4.69) is 5.32 Å². The largest absolute Gasteiger partial charge is 0.480 e. The number of amides is 2. The Morgan fingerprint density at radius 1 is 1.33 bits per heavy atom. The van der Waals surface area contributed by atoms with Gasteiger partial charge in [0.1, 0.15) is 6.04 Å². The second-order valence-corrected chi connectivity index (χ2v) is 5.61. The minimum absolute atomic E-state index is 0.101. The van der Waals surface area contributed by atoms with E-state index in [0.717, 1.165) is 0 Å². The Balaban J connectivity index is 2.09. The molecule has 2 N–H and O–H groups in total. The zero-order valence-electron chi connectivity index (χ0n) is 11.5. The summed E-state index contributed by atoms with van der Waals surface area (Å²) < 4.78 is 0. The molecule has 0 spiro atoms. The maximum Gasteiger partial charge on any atom is 0.327 e. The van der Waals surface area contributed by atoms with Crippen LogP contribution in [0.25, 0.3) is 0 Å². The Morgan fingerprint density at radius 2 is 2.00 bits per heavy atom. The van der Waals surface area contributed by atoms with Crippen LogP contribution in [0.1, 0.15) is 23.7 Å². The summed E-state index contributed by atoms with van der Waals surface area (Å²) in [5.74, 6) is -0.604. The molecule has 0 radical (unpaired) electrons. The van der Waals surface area contributed by atoms with Crippen LogP contribution < -0.4 is 5.32 Å². The highest BCUT2D eigenvalue weighted by Gasteiger charge is 2.34. The van der Waals surface area contributed by atoms with Crippen LogP contribution in [0.15, 0.2) is 24.3 Å². The third kappa shape index (κ3) is 3.55. The number of anilines is 1. The molecule has 2 rings (SSSR count). The molecule has 1 atom stereocenters. The lowest BCUT2D eigenvalue weighted by molar-refractivity contribution is -0.140. The summed E-state index contributed by atoms with van der Waals surface area (Å²) in [7, 11) is 0. The maximum absolute atomic E-state index is 12.3. The minimum Gasteiger partial charge on any atom is -0.480 e. The fourth-order valence-electron chi connectivity index (χ4n) is 1.96. The maximum atomic E-state index is 12.3. The molecule has 1 aliphatic rings. The molecule has 1 saturated heterocycles. The fourth-order valence-corrected chi connectivity index (χ4v) is 3.10. The predicted molar refractivity (Wildman–Crippen MR) is 80.3 cm³/mol. The van der Waals surface area contributed by atoms with Gasteiger partial charge in [0.15, 0.2) is 0 Å². The Kier molecular flexibility index (Phi) is 4.85. The molecule has 0 bridgehead atoms. The molecule has 0 aromatic heterocycles. The van der Waals surface area contributed by atoms with E-state index in [9.17, 15) is 14.4 Å². The predicted octanol–water partition coefficient (Wildman–Crippen LogP) is 1.63. The van der Waals surface area contributed by atoms with Gasteiger partial charge in [-0.05, 0) is 24.3 Å². The van der Waals surface area contributed by atoms with E-state index in [1.807, 2.05) is 0 Å². The van der Waals surface area contributed by atoms with E-state index < -0.39 is 12.0 Å². The van der Waals surface area contributed by atoms with Crippen LogP contribution in [0.2, 0.25) is 0 Å². The summed E-state index contributed by atoms with van der Waals surface area (Å²) >= 11 is 1.42. The van der Waals surface area contributed by atoms with E-state index in [1.54, 1.807) is 31.2 Å². The van der Waals surface area contributed by atoms with Gasteiger partial charge in [0.2, 0.25) is 5.91 Å². The summed E-state index contributed by atoms with van der Waals surface area (Å²) in [6.07, 6.45) is 0.381. The third-order valence-electron chi connectivity index (χ3n) is 3.16. The number of nitrogens with one attached hydrogen (secondary N) is 1. The first-order chi connectivity index (χ1) is 10.0. The number of thioether (sulfide) groups is 1. The van der Waals surface area contributed by atoms with Crippen LogP contribution in [0, 0.1) is 0 Å². The van der Waals surface area contributed by atoms with Crippen molar-refractivity contribution in [2.45, 2.75) is 19.4 Å². The fraction of sp³-hybridized carbons (Fsp3) is 0.357. The van der Waals surface area contributed by atoms with Crippen LogP contribution >= 0.6 is 11.8 Å². The van der Waals surface area contributed by atoms with Crippen molar-refractivity contribution < 1.29 is 19.5 Å². The highest BCUT2D eigenvalue weighted by molar-refractivity contribution is 7.99. The normalized spacial score (nSPS) is 17.6. The van der Waals surface area contributed by atoms with Gasteiger partial charge in [0.05, 0.1) is 5.88 Å². The average Bonchev–Trinajstić information content (AvgIpc) is 2.96. The van der Waals surface area contributed by atoms with Gasteiger partial charge in [-0.1, -0.05) is 6.92 Å². The summed E-state index contributed by atoms with van der Waals surface area (Å²) in [6.45, 7) is 1.75. The van der Waals surface area contributed by atoms with Crippen molar-refractivity contribution >= 4 is 35.2 Å². The number of rotatable bonds is 4. The molecule has 6 nitrogen and oxygen atoms in total. The van der Waals surface area contributed by atoms with Gasteiger partial charge < -0.3 is 15.3 Å². The first-order valence-corrected chi connectivity index (χ1v) is 7.70. The number of carboxylic acid groups (broad SMARTS) is 1. The minimum atomic E-state index is -0.986. The Hall–Kier alpha value is -2.02. The smallest absolute Gasteiger partial charge is 0.327 e. The SMILES string of the molecule is CCC(=O)Nc1ccc(C(=O)N2CSC[C@H]2C(=O)O)cc1. The number of carboxylic acids is 1. The van der Waals surface area contributed by atoms with Crippen molar-refractivity contribution in [1.82, 2.24) is 4.90 Å². The van der Waals surface area contributed by atoms with Crippen LogP contribution in [-0.4, -0.2) is 45.5 Å². The van der Waals surface area contributed by atoms with E-state index in [1.165, 1.54) is 16.7 Å². The summed E-state index contributed by atoms with van der Waals surface area (Å²) in [6, 6.07) is 5.69. The van der Waals surface area contributed by atoms with Crippen LogP contribution in [0.3, 0.4) is 0 Å². The molecule has 1 fully saturated rings. The van der Waals surface area contributed by atoms with E-state index in [0.29, 0.717) is 29.3 Å². The summed E-state index contributed by atoms with van der Waals surface area (Å²) in [5, 5.41) is 11.8. The van der Waals surface area contributed by atoms with Gasteiger partial charge in [-0.2, -0.15) is 0 Å². The summed E-state index contributed by atoms with van der Waals surface area (Å²) in [4.78, 5) is 36.0. The molecule has 1 aromatic rings. The highest BCUT2D eigenvalue weighted by atomic mass is 32.2. The third-order valence-corrected chi connectivity index (χ3v) is 4.18. The standard InChI is InChI=1S/C14H16N2O4S/c1-2-12(17)15-10-5-3-9(4-6-10)13(18)16-8-21-7-11(16)14(19)20/h3-6,11H,2,7-8H2,1H3,(H,15,17)(H,19,20)/t11-/m0/s1. The van der Waals surface area contributed by atoms with Gasteiger partial charge in [0, 0.05) is 23.4 Å². The summed E-state index contributed by atoms with van der Waals surface area (Å²) in [5.41, 5.74) is 1.03. The second-order valence-electron chi connectivity index (χ2n) is 4.61. The van der Waals surface area contributed by atoms with Crippen molar-refractivity contribution in [3.63, 3.8) is 0 Å².